The number of esters is 1. The fourth-order valence-corrected chi connectivity index (χ4v) is 2.45. The summed E-state index contributed by atoms with van der Waals surface area (Å²) in [5.74, 6) is -1.75. The quantitative estimate of drug-likeness (QED) is 0.364. The van der Waals surface area contributed by atoms with Crippen molar-refractivity contribution in [3.8, 4) is 5.75 Å². The summed E-state index contributed by atoms with van der Waals surface area (Å²) < 4.78 is 10.3. The van der Waals surface area contributed by atoms with E-state index in [4.69, 9.17) is 9.47 Å². The molecule has 10 nitrogen and oxygen atoms in total. The van der Waals surface area contributed by atoms with Crippen molar-refractivity contribution in [2.24, 2.45) is 0 Å². The zero-order valence-electron chi connectivity index (χ0n) is 16.4. The summed E-state index contributed by atoms with van der Waals surface area (Å²) in [5.41, 5.74) is -0.0461. The van der Waals surface area contributed by atoms with Crippen LogP contribution in [0.25, 0.3) is 0 Å². The molecule has 2 aromatic rings. The second-order valence-corrected chi connectivity index (χ2v) is 6.01. The zero-order chi connectivity index (χ0) is 22.1. The van der Waals surface area contributed by atoms with Crippen molar-refractivity contribution in [3.63, 3.8) is 0 Å². The van der Waals surface area contributed by atoms with E-state index in [1.807, 2.05) is 0 Å². The lowest BCUT2D eigenvalue weighted by Gasteiger charge is -2.14. The van der Waals surface area contributed by atoms with Crippen LogP contribution in [-0.2, 0) is 14.3 Å². The maximum atomic E-state index is 12.3. The Kier molecular flexibility index (Phi) is 7.86. The monoisotopic (exact) mass is 415 g/mol. The normalized spacial score (nSPS) is 11.1. The van der Waals surface area contributed by atoms with E-state index in [0.29, 0.717) is 12.4 Å². The van der Waals surface area contributed by atoms with Crippen molar-refractivity contribution in [3.05, 3.63) is 64.2 Å². The smallest absolute Gasteiger partial charge is 0.326 e. The molecule has 0 aliphatic carbocycles. The van der Waals surface area contributed by atoms with Crippen molar-refractivity contribution < 1.29 is 28.8 Å². The molecule has 158 valence electrons. The number of anilines is 1. The molecule has 0 unspecified atom stereocenters. The minimum Gasteiger partial charge on any atom is -0.493 e. The van der Waals surface area contributed by atoms with Gasteiger partial charge >= 0.3 is 5.97 Å². The topological polar surface area (TPSA) is 137 Å². The van der Waals surface area contributed by atoms with E-state index in [0.717, 1.165) is 0 Å². The SMILES string of the molecule is CCOc1ccccc1C(=O)NCC(=O)O[C@H](C)C(=O)Nc1ccccc1[N+](=O)[O-]. The van der Waals surface area contributed by atoms with Crippen LogP contribution in [0.3, 0.4) is 0 Å². The number of hydrogen-bond acceptors (Lipinski definition) is 7. The number of carbonyl (C=O) groups excluding carboxylic acids is 3. The molecule has 0 fully saturated rings. The number of ether oxygens (including phenoxy) is 2. The maximum Gasteiger partial charge on any atom is 0.326 e. The molecule has 1 atom stereocenters. The van der Waals surface area contributed by atoms with E-state index in [1.54, 1.807) is 31.2 Å². The highest BCUT2D eigenvalue weighted by molar-refractivity contribution is 5.99. The van der Waals surface area contributed by atoms with Crippen molar-refractivity contribution in [1.29, 1.82) is 0 Å². The van der Waals surface area contributed by atoms with Gasteiger partial charge in [0.2, 0.25) is 0 Å². The zero-order valence-corrected chi connectivity index (χ0v) is 16.4. The maximum absolute atomic E-state index is 12.3. The van der Waals surface area contributed by atoms with Crippen LogP contribution in [0.5, 0.6) is 5.75 Å². The molecule has 2 N–H and O–H groups in total. The summed E-state index contributed by atoms with van der Waals surface area (Å²) in [7, 11) is 0. The molecule has 0 bridgehead atoms. The van der Waals surface area contributed by atoms with Gasteiger partial charge in [0.05, 0.1) is 17.1 Å². The van der Waals surface area contributed by atoms with Gasteiger partial charge in [-0.15, -0.1) is 0 Å². The summed E-state index contributed by atoms with van der Waals surface area (Å²) in [5, 5.41) is 15.8. The Balaban J connectivity index is 1.90. The number of nitro groups is 1. The first-order valence-corrected chi connectivity index (χ1v) is 9.07. The van der Waals surface area contributed by atoms with E-state index in [2.05, 4.69) is 10.6 Å². The molecule has 0 spiro atoms. The van der Waals surface area contributed by atoms with Crippen molar-refractivity contribution in [1.82, 2.24) is 5.32 Å². The Labute approximate surface area is 172 Å². The molecule has 0 aliphatic rings. The van der Waals surface area contributed by atoms with E-state index in [9.17, 15) is 24.5 Å². The molecule has 0 saturated heterocycles. The Morgan fingerprint density at radius 1 is 1.10 bits per heavy atom. The second kappa shape index (κ2) is 10.6. The van der Waals surface area contributed by atoms with Gasteiger partial charge in [-0.2, -0.15) is 0 Å². The largest absolute Gasteiger partial charge is 0.493 e. The fourth-order valence-electron chi connectivity index (χ4n) is 2.45. The summed E-state index contributed by atoms with van der Waals surface area (Å²) in [6.45, 7) is 3.00. The lowest BCUT2D eigenvalue weighted by Crippen LogP contribution is -2.36. The Bertz CT molecular complexity index is 946. The Morgan fingerprint density at radius 3 is 2.47 bits per heavy atom. The van der Waals surface area contributed by atoms with Gasteiger partial charge in [0.15, 0.2) is 6.10 Å². The first-order valence-electron chi connectivity index (χ1n) is 9.07. The molecule has 30 heavy (non-hydrogen) atoms. The molecule has 2 rings (SSSR count). The number of benzene rings is 2. The third kappa shape index (κ3) is 6.03. The Hall–Kier alpha value is -3.95. The molecule has 0 aromatic heterocycles. The number of amides is 2. The van der Waals surface area contributed by atoms with Gasteiger partial charge in [-0.25, -0.2) is 0 Å². The summed E-state index contributed by atoms with van der Waals surface area (Å²) in [6.07, 6.45) is -1.23. The molecule has 2 aromatic carbocycles. The van der Waals surface area contributed by atoms with Gasteiger partial charge in [-0.05, 0) is 32.0 Å². The summed E-state index contributed by atoms with van der Waals surface area (Å²) in [6, 6.07) is 12.1. The first-order chi connectivity index (χ1) is 14.3. The molecule has 0 radical (unpaired) electrons. The third-order valence-electron chi connectivity index (χ3n) is 3.86. The third-order valence-corrected chi connectivity index (χ3v) is 3.86. The van der Waals surface area contributed by atoms with Gasteiger partial charge in [0, 0.05) is 6.07 Å². The van der Waals surface area contributed by atoms with Crippen LogP contribution in [0.2, 0.25) is 0 Å². The number of carbonyl (C=O) groups is 3. The molecule has 10 heteroatoms. The van der Waals surface area contributed by atoms with Crippen LogP contribution in [0.1, 0.15) is 24.2 Å². The van der Waals surface area contributed by atoms with Crippen molar-refractivity contribution in [2.75, 3.05) is 18.5 Å². The van der Waals surface area contributed by atoms with Crippen LogP contribution in [0, 0.1) is 10.1 Å². The Morgan fingerprint density at radius 2 is 1.77 bits per heavy atom. The average molecular weight is 415 g/mol. The molecule has 0 heterocycles. The van der Waals surface area contributed by atoms with E-state index in [-0.39, 0.29) is 16.9 Å². The lowest BCUT2D eigenvalue weighted by atomic mass is 10.2. The van der Waals surface area contributed by atoms with Gasteiger partial charge in [0.1, 0.15) is 18.0 Å². The standard InChI is InChI=1S/C20H21N3O7/c1-3-29-17-11-7-4-8-14(17)20(26)21-12-18(24)30-13(2)19(25)22-15-9-5-6-10-16(15)23(27)28/h4-11,13H,3,12H2,1-2H3,(H,21,26)(H,22,25)/t13-/m1/s1. The minimum atomic E-state index is -1.23. The fraction of sp³-hybridized carbons (Fsp3) is 0.250. The van der Waals surface area contributed by atoms with Crippen LogP contribution in [-0.4, -0.2) is 42.0 Å². The van der Waals surface area contributed by atoms with E-state index in [1.165, 1.54) is 31.2 Å². The van der Waals surface area contributed by atoms with Crippen LogP contribution < -0.4 is 15.4 Å². The van der Waals surface area contributed by atoms with Gasteiger partial charge in [0.25, 0.3) is 17.5 Å². The number of nitro benzene ring substituents is 1. The van der Waals surface area contributed by atoms with E-state index >= 15 is 0 Å². The number of nitrogens with one attached hydrogen (secondary N) is 2. The summed E-state index contributed by atoms with van der Waals surface area (Å²) >= 11 is 0. The molecular weight excluding hydrogens is 394 g/mol. The number of para-hydroxylation sites is 3. The molecular formula is C20H21N3O7. The lowest BCUT2D eigenvalue weighted by molar-refractivity contribution is -0.383. The molecule has 0 aliphatic heterocycles. The number of hydrogen-bond donors (Lipinski definition) is 2. The minimum absolute atomic E-state index is 0.0174. The number of rotatable bonds is 9. The molecule has 2 amide bonds. The predicted octanol–water partition coefficient (Wildman–Crippen LogP) is 2.29. The highest BCUT2D eigenvalue weighted by Gasteiger charge is 2.22. The van der Waals surface area contributed by atoms with Crippen molar-refractivity contribution in [2.45, 2.75) is 20.0 Å². The summed E-state index contributed by atoms with van der Waals surface area (Å²) in [4.78, 5) is 46.8. The molecule has 0 saturated carbocycles. The average Bonchev–Trinajstić information content (AvgIpc) is 2.72. The first kappa shape index (κ1) is 22.3. The second-order valence-electron chi connectivity index (χ2n) is 6.01. The van der Waals surface area contributed by atoms with Gasteiger partial charge in [-0.3, -0.25) is 24.5 Å². The highest BCUT2D eigenvalue weighted by Crippen LogP contribution is 2.23. The van der Waals surface area contributed by atoms with Crippen molar-refractivity contribution >= 4 is 29.2 Å². The number of nitrogens with zero attached hydrogens (tertiary/aromatic N) is 1. The van der Waals surface area contributed by atoms with Gasteiger partial charge < -0.3 is 20.1 Å². The predicted molar refractivity (Wildman–Crippen MR) is 107 cm³/mol. The van der Waals surface area contributed by atoms with Crippen LogP contribution in [0.15, 0.2) is 48.5 Å². The van der Waals surface area contributed by atoms with Crippen LogP contribution in [0.4, 0.5) is 11.4 Å². The van der Waals surface area contributed by atoms with Gasteiger partial charge in [-0.1, -0.05) is 24.3 Å². The van der Waals surface area contributed by atoms with E-state index < -0.39 is 35.4 Å². The highest BCUT2D eigenvalue weighted by atomic mass is 16.6. The van der Waals surface area contributed by atoms with Crippen LogP contribution >= 0.6 is 0 Å².